The van der Waals surface area contributed by atoms with Gasteiger partial charge in [0, 0.05) is 6.61 Å². The van der Waals surface area contributed by atoms with Gasteiger partial charge in [-0.3, -0.25) is 0 Å². The zero-order chi connectivity index (χ0) is 11.7. The summed E-state index contributed by atoms with van der Waals surface area (Å²) in [5, 5.41) is 7.45. The van der Waals surface area contributed by atoms with Crippen molar-refractivity contribution in [3.8, 4) is 0 Å². The van der Waals surface area contributed by atoms with E-state index in [0.29, 0.717) is 12.5 Å². The van der Waals surface area contributed by atoms with Crippen molar-refractivity contribution in [3.05, 3.63) is 11.7 Å². The zero-order valence-corrected chi connectivity index (χ0v) is 10.2. The summed E-state index contributed by atoms with van der Waals surface area (Å²) in [7, 11) is 0. The van der Waals surface area contributed by atoms with Gasteiger partial charge >= 0.3 is 0 Å². The molecule has 0 aromatic carbocycles. The highest BCUT2D eigenvalue weighted by molar-refractivity contribution is 5.01. The lowest BCUT2D eigenvalue weighted by molar-refractivity contribution is 0.0384. The van der Waals surface area contributed by atoms with Gasteiger partial charge in [-0.25, -0.2) is 0 Å². The van der Waals surface area contributed by atoms with E-state index >= 15 is 0 Å². The van der Waals surface area contributed by atoms with Crippen LogP contribution in [0.1, 0.15) is 56.5 Å². The van der Waals surface area contributed by atoms with Gasteiger partial charge in [0.05, 0.1) is 6.04 Å². The number of hydrogen-bond donors (Lipinski definition) is 1. The fourth-order valence-corrected chi connectivity index (χ4v) is 2.40. The van der Waals surface area contributed by atoms with E-state index in [2.05, 4.69) is 15.5 Å². The van der Waals surface area contributed by atoms with E-state index in [9.17, 15) is 0 Å². The molecule has 2 heterocycles. The summed E-state index contributed by atoms with van der Waals surface area (Å²) in [6.07, 6.45) is 4.75. The second-order valence-electron chi connectivity index (χ2n) is 4.85. The summed E-state index contributed by atoms with van der Waals surface area (Å²) in [5.74, 6) is 2.05. The molecule has 1 aliphatic carbocycles. The second kappa shape index (κ2) is 4.74. The highest BCUT2D eigenvalue weighted by atomic mass is 16.5. The Kier molecular flexibility index (Phi) is 3.11. The first kappa shape index (κ1) is 11.2. The van der Waals surface area contributed by atoms with E-state index in [1.165, 1.54) is 19.3 Å². The maximum Gasteiger partial charge on any atom is 0.243 e. The Morgan fingerprint density at radius 1 is 1.47 bits per heavy atom. The molecule has 1 unspecified atom stereocenters. The highest BCUT2D eigenvalue weighted by Gasteiger charge is 2.36. The third-order valence-electron chi connectivity index (χ3n) is 3.47. The van der Waals surface area contributed by atoms with Crippen LogP contribution in [0.2, 0.25) is 0 Å². The van der Waals surface area contributed by atoms with Gasteiger partial charge in [0.1, 0.15) is 6.10 Å². The van der Waals surface area contributed by atoms with Crippen molar-refractivity contribution in [1.82, 2.24) is 15.5 Å². The molecule has 0 bridgehead atoms. The molecule has 5 nitrogen and oxygen atoms in total. The van der Waals surface area contributed by atoms with Crippen molar-refractivity contribution >= 4 is 0 Å². The quantitative estimate of drug-likeness (QED) is 0.848. The van der Waals surface area contributed by atoms with Crippen molar-refractivity contribution in [3.63, 3.8) is 0 Å². The Hall–Kier alpha value is -0.940. The number of rotatable bonds is 5. The van der Waals surface area contributed by atoms with Crippen LogP contribution in [0.3, 0.4) is 0 Å². The van der Waals surface area contributed by atoms with Crippen LogP contribution in [-0.4, -0.2) is 23.3 Å². The Morgan fingerprint density at radius 3 is 3.00 bits per heavy atom. The first-order valence-electron chi connectivity index (χ1n) is 6.57. The molecular weight excluding hydrogens is 218 g/mol. The smallest absolute Gasteiger partial charge is 0.243 e. The van der Waals surface area contributed by atoms with E-state index in [0.717, 1.165) is 24.7 Å². The van der Waals surface area contributed by atoms with Crippen LogP contribution < -0.4 is 5.32 Å². The molecule has 17 heavy (non-hydrogen) atoms. The fourth-order valence-electron chi connectivity index (χ4n) is 2.40. The summed E-state index contributed by atoms with van der Waals surface area (Å²) in [6, 6.07) is 0.248. The lowest BCUT2D eigenvalue weighted by Crippen LogP contribution is -2.14. The molecule has 5 heteroatoms. The summed E-state index contributed by atoms with van der Waals surface area (Å²) in [5.41, 5.74) is 0. The number of nitrogens with zero attached hydrogens (tertiary/aromatic N) is 2. The molecule has 0 spiro atoms. The average Bonchev–Trinajstić information content (AvgIpc) is 2.84. The summed E-state index contributed by atoms with van der Waals surface area (Å²) >= 11 is 0. The number of nitrogens with one attached hydrogen (secondary N) is 1. The molecule has 3 rings (SSSR count). The SMILES string of the molecule is CCOC(c1noc([C@@H]2CCCN2)n1)C1CC1. The molecule has 2 atom stereocenters. The molecule has 0 radical (unpaired) electrons. The van der Waals surface area contributed by atoms with Gasteiger partial charge in [-0.05, 0) is 45.1 Å². The van der Waals surface area contributed by atoms with E-state index in [4.69, 9.17) is 9.26 Å². The van der Waals surface area contributed by atoms with Gasteiger partial charge in [-0.2, -0.15) is 4.98 Å². The third kappa shape index (κ3) is 2.35. The maximum atomic E-state index is 5.72. The molecule has 0 amide bonds. The lowest BCUT2D eigenvalue weighted by Gasteiger charge is -2.11. The van der Waals surface area contributed by atoms with Crippen LogP contribution in [0.15, 0.2) is 4.52 Å². The summed E-state index contributed by atoms with van der Waals surface area (Å²) in [6.45, 7) is 3.75. The molecule has 94 valence electrons. The van der Waals surface area contributed by atoms with Gasteiger partial charge in [0.2, 0.25) is 11.7 Å². The van der Waals surface area contributed by atoms with Gasteiger partial charge in [-0.15, -0.1) is 0 Å². The normalized spacial score (nSPS) is 26.3. The Morgan fingerprint density at radius 2 is 2.35 bits per heavy atom. The van der Waals surface area contributed by atoms with E-state index in [-0.39, 0.29) is 12.1 Å². The monoisotopic (exact) mass is 237 g/mol. The van der Waals surface area contributed by atoms with Crippen molar-refractivity contribution in [1.29, 1.82) is 0 Å². The zero-order valence-electron chi connectivity index (χ0n) is 10.2. The van der Waals surface area contributed by atoms with Crippen molar-refractivity contribution in [2.75, 3.05) is 13.2 Å². The van der Waals surface area contributed by atoms with E-state index in [1.807, 2.05) is 6.92 Å². The van der Waals surface area contributed by atoms with Crippen LogP contribution >= 0.6 is 0 Å². The van der Waals surface area contributed by atoms with E-state index < -0.39 is 0 Å². The lowest BCUT2D eigenvalue weighted by atomic mass is 10.2. The molecular formula is C12H19N3O2. The third-order valence-corrected chi connectivity index (χ3v) is 3.47. The molecule has 2 fully saturated rings. The predicted octanol–water partition coefficient (Wildman–Crippen LogP) is 1.98. The van der Waals surface area contributed by atoms with Crippen LogP contribution in [0, 0.1) is 5.92 Å². The average molecular weight is 237 g/mol. The maximum absolute atomic E-state index is 5.72. The minimum atomic E-state index is 0.0407. The van der Waals surface area contributed by atoms with Crippen LogP contribution in [0.5, 0.6) is 0 Å². The molecule has 1 aromatic rings. The first-order chi connectivity index (χ1) is 8.38. The Bertz CT molecular complexity index is 370. The molecule has 1 saturated carbocycles. The van der Waals surface area contributed by atoms with Crippen molar-refractivity contribution in [2.24, 2.45) is 5.92 Å². The van der Waals surface area contributed by atoms with Crippen LogP contribution in [0.4, 0.5) is 0 Å². The first-order valence-corrected chi connectivity index (χ1v) is 6.57. The number of ether oxygens (including phenoxy) is 1. The van der Waals surface area contributed by atoms with E-state index in [1.54, 1.807) is 0 Å². The molecule has 2 aliphatic rings. The standard InChI is InChI=1S/C12H19N3O2/c1-2-16-10(8-5-6-8)11-14-12(17-15-11)9-4-3-7-13-9/h8-10,13H,2-7H2,1H3/t9-,10?/m0/s1. The summed E-state index contributed by atoms with van der Waals surface area (Å²) in [4.78, 5) is 4.51. The van der Waals surface area contributed by atoms with Gasteiger partial charge in [0.25, 0.3) is 0 Å². The fraction of sp³-hybridized carbons (Fsp3) is 0.833. The van der Waals surface area contributed by atoms with Gasteiger partial charge < -0.3 is 14.6 Å². The Balaban J connectivity index is 1.73. The number of hydrogen-bond acceptors (Lipinski definition) is 5. The molecule has 1 saturated heterocycles. The highest BCUT2D eigenvalue weighted by Crippen LogP contribution is 2.42. The second-order valence-corrected chi connectivity index (χ2v) is 4.85. The molecule has 1 N–H and O–H groups in total. The number of aromatic nitrogens is 2. The minimum Gasteiger partial charge on any atom is -0.370 e. The predicted molar refractivity (Wildman–Crippen MR) is 61.4 cm³/mol. The minimum absolute atomic E-state index is 0.0407. The summed E-state index contributed by atoms with van der Waals surface area (Å²) < 4.78 is 11.1. The molecule has 1 aliphatic heterocycles. The molecule has 1 aromatic heterocycles. The Labute approximate surface area is 101 Å². The van der Waals surface area contributed by atoms with Crippen LogP contribution in [-0.2, 0) is 4.74 Å². The van der Waals surface area contributed by atoms with Crippen molar-refractivity contribution < 1.29 is 9.26 Å². The van der Waals surface area contributed by atoms with Gasteiger partial charge in [-0.1, -0.05) is 5.16 Å². The van der Waals surface area contributed by atoms with Crippen LogP contribution in [0.25, 0.3) is 0 Å². The largest absolute Gasteiger partial charge is 0.370 e. The topological polar surface area (TPSA) is 60.2 Å². The van der Waals surface area contributed by atoms with Gasteiger partial charge in [0.15, 0.2) is 0 Å². The van der Waals surface area contributed by atoms with Crippen molar-refractivity contribution in [2.45, 2.75) is 44.8 Å².